The van der Waals surface area contributed by atoms with Gasteiger partial charge in [0, 0.05) is 29.2 Å². The molecule has 0 spiro atoms. The fraction of sp³-hybridized carbons (Fsp3) is 0.143. The van der Waals surface area contributed by atoms with E-state index in [-0.39, 0.29) is 16.8 Å². The zero-order chi connectivity index (χ0) is 16.8. The zero-order valence-corrected chi connectivity index (χ0v) is 11.7. The summed E-state index contributed by atoms with van der Waals surface area (Å²) < 4.78 is 39.3. The molecule has 23 heavy (non-hydrogen) atoms. The molecule has 0 aromatic carbocycles. The first-order valence-electron chi connectivity index (χ1n) is 6.40. The molecule has 0 aliphatic heterocycles. The van der Waals surface area contributed by atoms with E-state index in [0.29, 0.717) is 11.3 Å². The minimum atomic E-state index is -4.76. The van der Waals surface area contributed by atoms with Crippen LogP contribution in [0.2, 0.25) is 0 Å². The number of hydrogen-bond donors (Lipinski definition) is 1. The second kappa shape index (κ2) is 5.04. The highest BCUT2D eigenvalue weighted by Gasteiger charge is 2.37. The zero-order valence-electron chi connectivity index (χ0n) is 11.7. The van der Waals surface area contributed by atoms with E-state index >= 15 is 0 Å². The molecule has 0 bridgehead atoms. The smallest absolute Gasteiger partial charge is 0.453 e. The van der Waals surface area contributed by atoms with Crippen molar-refractivity contribution in [1.82, 2.24) is 19.6 Å². The average molecular weight is 322 g/mol. The molecule has 3 rings (SSSR count). The Balaban J connectivity index is 2.39. The minimum Gasteiger partial charge on any atom is -0.478 e. The van der Waals surface area contributed by atoms with Gasteiger partial charge in [-0.05, 0) is 19.1 Å². The third-order valence-electron chi connectivity index (χ3n) is 3.23. The number of carboxylic acids is 1. The number of alkyl halides is 3. The van der Waals surface area contributed by atoms with Gasteiger partial charge in [0.2, 0.25) is 0 Å². The van der Waals surface area contributed by atoms with Crippen LogP contribution in [-0.4, -0.2) is 30.7 Å². The summed E-state index contributed by atoms with van der Waals surface area (Å²) in [6, 6.07) is 4.67. The summed E-state index contributed by atoms with van der Waals surface area (Å²) in [4.78, 5) is 18.9. The Bertz CT molecular complexity index is 904. The predicted octanol–water partition coefficient (Wildman–Crippen LogP) is 2.82. The van der Waals surface area contributed by atoms with E-state index in [0.717, 1.165) is 4.52 Å². The highest BCUT2D eigenvalue weighted by Crippen LogP contribution is 2.31. The Labute approximate surface area is 127 Å². The van der Waals surface area contributed by atoms with Crippen LogP contribution in [0.25, 0.3) is 16.8 Å². The number of fused-ring (bicyclic) bond motifs is 1. The summed E-state index contributed by atoms with van der Waals surface area (Å²) in [7, 11) is 0. The van der Waals surface area contributed by atoms with Gasteiger partial charge in [-0.25, -0.2) is 14.3 Å². The topological polar surface area (TPSA) is 80.4 Å². The molecule has 0 radical (unpaired) electrons. The number of nitrogens with zero attached hydrogens (tertiary/aromatic N) is 4. The van der Waals surface area contributed by atoms with Crippen LogP contribution in [0.3, 0.4) is 0 Å². The van der Waals surface area contributed by atoms with Crippen molar-refractivity contribution in [3.8, 4) is 11.1 Å². The molecule has 0 saturated carbocycles. The standard InChI is InChI=1S/C14H9F3N4O2/c1-7-5-9(8-3-2-4-18-6-8)10(12(22)23)11-19-13(14(15,16)17)20-21(7)11/h2-6H,1H3,(H,22,23). The molecule has 3 aromatic heterocycles. The molecular weight excluding hydrogens is 313 g/mol. The van der Waals surface area contributed by atoms with E-state index in [1.165, 1.54) is 25.4 Å². The Morgan fingerprint density at radius 2 is 2.09 bits per heavy atom. The molecule has 1 N–H and O–H groups in total. The summed E-state index contributed by atoms with van der Waals surface area (Å²) in [5.41, 5.74) is 0.311. The lowest BCUT2D eigenvalue weighted by molar-refractivity contribution is -0.144. The van der Waals surface area contributed by atoms with Crippen LogP contribution in [0.1, 0.15) is 21.9 Å². The number of aryl methyl sites for hydroxylation is 1. The van der Waals surface area contributed by atoms with Gasteiger partial charge in [-0.1, -0.05) is 6.07 Å². The molecule has 0 aliphatic carbocycles. The average Bonchev–Trinajstić information content (AvgIpc) is 2.93. The van der Waals surface area contributed by atoms with Gasteiger partial charge in [0.05, 0.1) is 0 Å². The van der Waals surface area contributed by atoms with Gasteiger partial charge in [-0.2, -0.15) is 13.2 Å². The molecule has 118 valence electrons. The molecule has 0 fully saturated rings. The van der Waals surface area contributed by atoms with Gasteiger partial charge in [0.15, 0.2) is 5.65 Å². The fourth-order valence-corrected chi connectivity index (χ4v) is 2.26. The first kappa shape index (κ1) is 14.9. The van der Waals surface area contributed by atoms with Crippen LogP contribution < -0.4 is 0 Å². The van der Waals surface area contributed by atoms with Gasteiger partial charge >= 0.3 is 12.1 Å². The summed E-state index contributed by atoms with van der Waals surface area (Å²) >= 11 is 0. The number of carbonyl (C=O) groups is 1. The number of carboxylic acid groups (broad SMARTS) is 1. The van der Waals surface area contributed by atoms with Crippen molar-refractivity contribution >= 4 is 11.6 Å². The van der Waals surface area contributed by atoms with E-state index in [1.807, 2.05) is 0 Å². The molecule has 9 heteroatoms. The number of aromatic carboxylic acids is 1. The molecule has 6 nitrogen and oxygen atoms in total. The monoisotopic (exact) mass is 322 g/mol. The van der Waals surface area contributed by atoms with E-state index in [9.17, 15) is 23.1 Å². The number of aromatic nitrogens is 4. The molecule has 0 amide bonds. The van der Waals surface area contributed by atoms with Crippen LogP contribution in [0, 0.1) is 6.92 Å². The lowest BCUT2D eigenvalue weighted by Gasteiger charge is -2.09. The van der Waals surface area contributed by atoms with E-state index in [1.54, 1.807) is 12.1 Å². The number of rotatable bonds is 2. The second-order valence-electron chi connectivity index (χ2n) is 4.79. The largest absolute Gasteiger partial charge is 0.478 e. The van der Waals surface area contributed by atoms with Gasteiger partial charge in [0.1, 0.15) is 5.56 Å². The molecular formula is C14H9F3N4O2. The fourth-order valence-electron chi connectivity index (χ4n) is 2.26. The summed E-state index contributed by atoms with van der Waals surface area (Å²) in [6.45, 7) is 1.52. The summed E-state index contributed by atoms with van der Waals surface area (Å²) in [5.74, 6) is -2.78. The summed E-state index contributed by atoms with van der Waals surface area (Å²) in [5, 5.41) is 12.8. The first-order chi connectivity index (χ1) is 10.8. The van der Waals surface area contributed by atoms with Crippen molar-refractivity contribution in [1.29, 1.82) is 0 Å². The van der Waals surface area contributed by atoms with Crippen LogP contribution in [0.4, 0.5) is 13.2 Å². The third-order valence-corrected chi connectivity index (χ3v) is 3.23. The van der Waals surface area contributed by atoms with Crippen LogP contribution in [0.5, 0.6) is 0 Å². The molecule has 0 aliphatic rings. The maximum absolute atomic E-state index is 12.8. The lowest BCUT2D eigenvalue weighted by Crippen LogP contribution is -2.08. The normalized spacial score (nSPS) is 11.8. The maximum atomic E-state index is 12.8. The van der Waals surface area contributed by atoms with Crippen molar-refractivity contribution in [2.24, 2.45) is 0 Å². The van der Waals surface area contributed by atoms with Crippen LogP contribution in [0.15, 0.2) is 30.6 Å². The van der Waals surface area contributed by atoms with Gasteiger partial charge in [-0.3, -0.25) is 4.98 Å². The van der Waals surface area contributed by atoms with Crippen molar-refractivity contribution < 1.29 is 23.1 Å². The maximum Gasteiger partial charge on any atom is 0.453 e. The predicted molar refractivity (Wildman–Crippen MR) is 72.9 cm³/mol. The van der Waals surface area contributed by atoms with Gasteiger partial charge in [-0.15, -0.1) is 5.10 Å². The minimum absolute atomic E-state index is 0.233. The molecule has 0 saturated heterocycles. The van der Waals surface area contributed by atoms with Gasteiger partial charge < -0.3 is 5.11 Å². The number of pyridine rings is 2. The Hall–Kier alpha value is -2.97. The van der Waals surface area contributed by atoms with Crippen molar-refractivity contribution in [3.63, 3.8) is 0 Å². The Kier molecular flexibility index (Phi) is 3.28. The van der Waals surface area contributed by atoms with Crippen LogP contribution >= 0.6 is 0 Å². The van der Waals surface area contributed by atoms with Crippen LogP contribution in [-0.2, 0) is 6.18 Å². The van der Waals surface area contributed by atoms with E-state index in [4.69, 9.17) is 0 Å². The molecule has 0 atom stereocenters. The van der Waals surface area contributed by atoms with E-state index in [2.05, 4.69) is 15.1 Å². The Morgan fingerprint density at radius 3 is 2.65 bits per heavy atom. The number of hydrogen-bond acceptors (Lipinski definition) is 4. The highest BCUT2D eigenvalue weighted by atomic mass is 19.4. The second-order valence-corrected chi connectivity index (χ2v) is 4.79. The lowest BCUT2D eigenvalue weighted by atomic mass is 10.0. The highest BCUT2D eigenvalue weighted by molar-refractivity contribution is 6.02. The molecule has 3 aromatic rings. The van der Waals surface area contributed by atoms with E-state index < -0.39 is 18.0 Å². The first-order valence-corrected chi connectivity index (χ1v) is 6.40. The molecule has 3 heterocycles. The SMILES string of the molecule is Cc1cc(-c2cccnc2)c(C(=O)O)c2nc(C(F)(F)F)nn12. The third kappa shape index (κ3) is 2.50. The quantitative estimate of drug-likeness (QED) is 0.785. The number of halogens is 3. The van der Waals surface area contributed by atoms with Gasteiger partial charge in [0.25, 0.3) is 5.82 Å². The van der Waals surface area contributed by atoms with Crippen molar-refractivity contribution in [2.75, 3.05) is 0 Å². The molecule has 0 unspecified atom stereocenters. The summed E-state index contributed by atoms with van der Waals surface area (Å²) in [6.07, 6.45) is -1.82. The van der Waals surface area contributed by atoms with Crippen molar-refractivity contribution in [2.45, 2.75) is 13.1 Å². The Morgan fingerprint density at radius 1 is 1.35 bits per heavy atom. The van der Waals surface area contributed by atoms with Crippen molar-refractivity contribution in [3.05, 3.63) is 47.7 Å².